The van der Waals surface area contributed by atoms with Crippen LogP contribution in [0.4, 0.5) is 16.2 Å². The molecule has 1 heterocycles. The van der Waals surface area contributed by atoms with Gasteiger partial charge in [-0.2, -0.15) is 0 Å². The molecular weight excluding hydrogens is 354 g/mol. The number of urea groups is 1. The topological polar surface area (TPSA) is 79.5 Å². The maximum Gasteiger partial charge on any atom is 0.319 e. The number of nitrogens with one attached hydrogen (secondary N) is 3. The maximum atomic E-state index is 12.2. The van der Waals surface area contributed by atoms with E-state index < -0.39 is 0 Å². The van der Waals surface area contributed by atoms with Crippen LogP contribution in [0.3, 0.4) is 0 Å². The summed E-state index contributed by atoms with van der Waals surface area (Å²) in [5, 5.41) is 8.58. The number of carbonyl (C=O) groups is 2. The molecule has 0 aliphatic carbocycles. The van der Waals surface area contributed by atoms with E-state index in [0.29, 0.717) is 24.8 Å². The van der Waals surface area contributed by atoms with Gasteiger partial charge in [0, 0.05) is 24.5 Å². The van der Waals surface area contributed by atoms with Crippen LogP contribution in [0.1, 0.15) is 43.7 Å². The lowest BCUT2D eigenvalue weighted by Gasteiger charge is -2.12. The predicted molar refractivity (Wildman–Crippen MR) is 110 cm³/mol. The molecular formula is C22H27N3O3. The minimum Gasteiger partial charge on any atom is -0.368 e. The zero-order valence-corrected chi connectivity index (χ0v) is 16.3. The van der Waals surface area contributed by atoms with Crippen LogP contribution >= 0.6 is 0 Å². The predicted octanol–water partition coefficient (Wildman–Crippen LogP) is 4.25. The average molecular weight is 381 g/mol. The first-order valence-electron chi connectivity index (χ1n) is 9.67. The van der Waals surface area contributed by atoms with Crippen LogP contribution in [0.25, 0.3) is 0 Å². The summed E-state index contributed by atoms with van der Waals surface area (Å²) < 4.78 is 5.40. The number of hydrogen-bond donors (Lipinski definition) is 3. The Kier molecular flexibility index (Phi) is 6.66. The van der Waals surface area contributed by atoms with E-state index in [1.807, 2.05) is 48.5 Å². The average Bonchev–Trinajstić information content (AvgIpc) is 3.22. The van der Waals surface area contributed by atoms with Crippen molar-refractivity contribution in [3.63, 3.8) is 0 Å². The minimum absolute atomic E-state index is 0.120. The molecule has 148 valence electrons. The Balaban J connectivity index is 1.52. The van der Waals surface area contributed by atoms with Crippen molar-refractivity contribution in [1.29, 1.82) is 0 Å². The molecule has 0 saturated carbocycles. The first kappa shape index (κ1) is 19.9. The van der Waals surface area contributed by atoms with Gasteiger partial charge in [-0.1, -0.05) is 38.1 Å². The van der Waals surface area contributed by atoms with Crippen LogP contribution in [0.5, 0.6) is 0 Å². The van der Waals surface area contributed by atoms with Crippen LogP contribution in [0.2, 0.25) is 0 Å². The second-order valence-corrected chi connectivity index (χ2v) is 7.28. The molecule has 1 fully saturated rings. The molecule has 0 bridgehead atoms. The molecule has 3 N–H and O–H groups in total. The normalized spacial score (nSPS) is 16.0. The van der Waals surface area contributed by atoms with Crippen molar-refractivity contribution in [2.45, 2.75) is 45.3 Å². The van der Waals surface area contributed by atoms with E-state index in [1.54, 1.807) is 0 Å². The molecule has 0 aromatic heterocycles. The fourth-order valence-electron chi connectivity index (χ4n) is 3.10. The molecule has 28 heavy (non-hydrogen) atoms. The van der Waals surface area contributed by atoms with Gasteiger partial charge in [-0.3, -0.25) is 4.79 Å². The summed E-state index contributed by atoms with van der Waals surface area (Å²) >= 11 is 0. The van der Waals surface area contributed by atoms with E-state index in [-0.39, 0.29) is 18.0 Å². The number of benzene rings is 2. The van der Waals surface area contributed by atoms with Crippen molar-refractivity contribution in [3.05, 3.63) is 59.7 Å². The molecule has 3 amide bonds. The monoisotopic (exact) mass is 381 g/mol. The Morgan fingerprint density at radius 2 is 1.82 bits per heavy atom. The van der Waals surface area contributed by atoms with Crippen molar-refractivity contribution >= 4 is 23.3 Å². The smallest absolute Gasteiger partial charge is 0.319 e. The van der Waals surface area contributed by atoms with E-state index >= 15 is 0 Å². The van der Waals surface area contributed by atoms with Gasteiger partial charge in [-0.25, -0.2) is 4.79 Å². The Morgan fingerprint density at radius 3 is 2.54 bits per heavy atom. The molecule has 1 saturated heterocycles. The summed E-state index contributed by atoms with van der Waals surface area (Å²) in [6.07, 6.45) is 1.30. The Bertz CT molecular complexity index is 829. The summed E-state index contributed by atoms with van der Waals surface area (Å²) in [6, 6.07) is 15.0. The van der Waals surface area contributed by atoms with Gasteiger partial charge in [-0.15, -0.1) is 0 Å². The van der Waals surface area contributed by atoms with Gasteiger partial charge in [0.15, 0.2) is 0 Å². The molecule has 6 nitrogen and oxygen atoms in total. The van der Waals surface area contributed by atoms with Gasteiger partial charge in [0.25, 0.3) is 5.91 Å². The summed E-state index contributed by atoms with van der Waals surface area (Å²) in [6.45, 7) is 5.23. The molecule has 1 unspecified atom stereocenters. The highest BCUT2D eigenvalue weighted by Crippen LogP contribution is 2.19. The quantitative estimate of drug-likeness (QED) is 0.700. The molecule has 6 heteroatoms. The number of anilines is 2. The van der Waals surface area contributed by atoms with Crippen molar-refractivity contribution in [3.8, 4) is 0 Å². The second-order valence-electron chi connectivity index (χ2n) is 7.28. The highest BCUT2D eigenvalue weighted by Gasteiger charge is 2.23. The third kappa shape index (κ3) is 5.57. The van der Waals surface area contributed by atoms with Crippen LogP contribution in [0.15, 0.2) is 48.5 Å². The first-order valence-corrected chi connectivity index (χ1v) is 9.67. The largest absolute Gasteiger partial charge is 0.368 e. The third-order valence-electron chi connectivity index (χ3n) is 4.68. The van der Waals surface area contributed by atoms with Gasteiger partial charge >= 0.3 is 6.03 Å². The zero-order chi connectivity index (χ0) is 19.9. The lowest BCUT2D eigenvalue weighted by molar-refractivity contribution is -0.124. The molecule has 2 aromatic rings. The van der Waals surface area contributed by atoms with Crippen LogP contribution in [0, 0.1) is 0 Å². The molecule has 3 rings (SSSR count). The molecule has 1 aliphatic rings. The Morgan fingerprint density at radius 1 is 1.07 bits per heavy atom. The minimum atomic E-state index is -0.367. The molecule has 2 aromatic carbocycles. The van der Waals surface area contributed by atoms with Gasteiger partial charge in [0.1, 0.15) is 6.10 Å². The maximum absolute atomic E-state index is 12.2. The van der Waals surface area contributed by atoms with Crippen LogP contribution in [-0.2, 0) is 16.1 Å². The van der Waals surface area contributed by atoms with Crippen molar-refractivity contribution < 1.29 is 14.3 Å². The fourth-order valence-corrected chi connectivity index (χ4v) is 3.10. The van der Waals surface area contributed by atoms with Gasteiger partial charge in [0.05, 0.1) is 0 Å². The molecule has 0 radical (unpaired) electrons. The number of ether oxygens (including phenoxy) is 1. The second kappa shape index (κ2) is 9.37. The van der Waals surface area contributed by atoms with Crippen LogP contribution < -0.4 is 16.0 Å². The van der Waals surface area contributed by atoms with Crippen molar-refractivity contribution in [1.82, 2.24) is 5.32 Å². The number of amides is 3. The Hall–Kier alpha value is -2.86. The van der Waals surface area contributed by atoms with E-state index in [0.717, 1.165) is 24.1 Å². The summed E-state index contributed by atoms with van der Waals surface area (Å²) in [4.78, 5) is 24.3. The summed E-state index contributed by atoms with van der Waals surface area (Å²) in [5.41, 5.74) is 3.54. The number of carbonyl (C=O) groups excluding carboxylic acids is 2. The van der Waals surface area contributed by atoms with Gasteiger partial charge in [-0.05, 0) is 54.2 Å². The summed E-state index contributed by atoms with van der Waals surface area (Å²) in [7, 11) is 0. The van der Waals surface area contributed by atoms with E-state index in [2.05, 4.69) is 29.8 Å². The van der Waals surface area contributed by atoms with Crippen molar-refractivity contribution in [2.24, 2.45) is 0 Å². The summed E-state index contributed by atoms with van der Waals surface area (Å²) in [5.74, 6) is 0.280. The van der Waals surface area contributed by atoms with E-state index in [1.165, 1.54) is 5.56 Å². The van der Waals surface area contributed by atoms with E-state index in [4.69, 9.17) is 4.74 Å². The van der Waals surface area contributed by atoms with Crippen LogP contribution in [-0.4, -0.2) is 24.6 Å². The number of hydrogen-bond acceptors (Lipinski definition) is 3. The standard InChI is InChI=1S/C22H27N3O3/c1-15(2)17-7-4-9-19(13-17)25-22(27)23-14-16-6-3-8-18(12-16)24-21(26)20-10-5-11-28-20/h3-4,6-9,12-13,15,20H,5,10-11,14H2,1-2H3,(H,24,26)(H2,23,25,27). The highest BCUT2D eigenvalue weighted by atomic mass is 16.5. The zero-order valence-electron chi connectivity index (χ0n) is 16.3. The number of rotatable bonds is 6. The highest BCUT2D eigenvalue weighted by molar-refractivity contribution is 5.94. The van der Waals surface area contributed by atoms with Gasteiger partial charge < -0.3 is 20.7 Å². The molecule has 1 aliphatic heterocycles. The first-order chi connectivity index (χ1) is 13.5. The molecule has 1 atom stereocenters. The third-order valence-corrected chi connectivity index (χ3v) is 4.68. The van der Waals surface area contributed by atoms with Crippen molar-refractivity contribution in [2.75, 3.05) is 17.2 Å². The Labute approximate surface area is 165 Å². The SMILES string of the molecule is CC(C)c1cccc(NC(=O)NCc2cccc(NC(=O)C3CCCO3)c2)c1. The molecule has 0 spiro atoms. The lowest BCUT2D eigenvalue weighted by Crippen LogP contribution is -2.28. The lowest BCUT2D eigenvalue weighted by atomic mass is 10.0. The fraction of sp³-hybridized carbons (Fsp3) is 0.364. The van der Waals surface area contributed by atoms with E-state index in [9.17, 15) is 9.59 Å². The van der Waals surface area contributed by atoms with Gasteiger partial charge in [0.2, 0.25) is 0 Å².